The molecule has 3 rings (SSSR count). The number of ether oxygens (including phenoxy) is 1. The summed E-state index contributed by atoms with van der Waals surface area (Å²) in [5, 5.41) is 10.6. The minimum Gasteiger partial charge on any atom is -0.386 e. The number of benzene rings is 3. The smallest absolute Gasteiger partial charge is 0.386 e. The highest BCUT2D eigenvalue weighted by Crippen LogP contribution is 2.25. The third-order valence-electron chi connectivity index (χ3n) is 6.37. The molecule has 2 atom stereocenters. The number of hydrogen-bond donors (Lipinski definition) is 4. The second-order valence-electron chi connectivity index (χ2n) is 9.77. The third-order valence-corrected chi connectivity index (χ3v) is 6.62. The molecule has 0 aromatic heterocycles. The fraction of sp³-hybridized carbons (Fsp3) is 0.258. The first-order valence-corrected chi connectivity index (χ1v) is 14.0. The van der Waals surface area contributed by atoms with Crippen LogP contribution >= 0.6 is 11.6 Å². The van der Waals surface area contributed by atoms with Gasteiger partial charge in [0.05, 0.1) is 25.0 Å². The van der Waals surface area contributed by atoms with Crippen molar-refractivity contribution in [2.24, 2.45) is 0 Å². The Bertz CT molecular complexity index is 1490. The Balaban J connectivity index is 1.52. The van der Waals surface area contributed by atoms with Gasteiger partial charge < -0.3 is 26.0 Å². The van der Waals surface area contributed by atoms with E-state index < -0.39 is 55.0 Å². The van der Waals surface area contributed by atoms with Gasteiger partial charge in [0.2, 0.25) is 11.8 Å². The SMILES string of the molecule is CC(NC(=O)NCCC(=O)NCC(=O)NC(CC(=O)OC(=O)C(F)(F)F)c1ccc(-c2ccccc2)cc1)c1ccc(Cl)cc1. The van der Waals surface area contributed by atoms with E-state index in [9.17, 15) is 37.1 Å². The van der Waals surface area contributed by atoms with Gasteiger partial charge in [0.15, 0.2) is 0 Å². The van der Waals surface area contributed by atoms with Crippen LogP contribution in [0.25, 0.3) is 11.1 Å². The molecule has 10 nitrogen and oxygen atoms in total. The Labute approximate surface area is 261 Å². The second-order valence-corrected chi connectivity index (χ2v) is 10.2. The van der Waals surface area contributed by atoms with E-state index in [1.165, 1.54) is 0 Å². The molecule has 2 unspecified atom stereocenters. The molecular formula is C31H30ClF3N4O6. The van der Waals surface area contributed by atoms with E-state index in [0.29, 0.717) is 10.6 Å². The van der Waals surface area contributed by atoms with Gasteiger partial charge in [-0.05, 0) is 41.3 Å². The molecule has 0 saturated carbocycles. The van der Waals surface area contributed by atoms with Crippen LogP contribution in [0.1, 0.15) is 43.0 Å². The van der Waals surface area contributed by atoms with Gasteiger partial charge in [0.25, 0.3) is 0 Å². The minimum atomic E-state index is -5.37. The maximum atomic E-state index is 12.6. The fourth-order valence-electron chi connectivity index (χ4n) is 4.04. The van der Waals surface area contributed by atoms with Crippen molar-refractivity contribution in [2.75, 3.05) is 13.1 Å². The molecule has 0 saturated heterocycles. The highest BCUT2D eigenvalue weighted by Gasteiger charge is 2.42. The third kappa shape index (κ3) is 11.6. The summed E-state index contributed by atoms with van der Waals surface area (Å²) < 4.78 is 41.6. The Hall–Kier alpha value is -4.91. The first-order valence-electron chi connectivity index (χ1n) is 13.6. The summed E-state index contributed by atoms with van der Waals surface area (Å²) in [5.74, 6) is -5.52. The van der Waals surface area contributed by atoms with Crippen molar-refractivity contribution in [3.63, 3.8) is 0 Å². The summed E-state index contributed by atoms with van der Waals surface area (Å²) in [6.45, 7) is 1.20. The van der Waals surface area contributed by atoms with Crippen LogP contribution in [0.2, 0.25) is 5.02 Å². The van der Waals surface area contributed by atoms with Crippen molar-refractivity contribution in [2.45, 2.75) is 38.0 Å². The van der Waals surface area contributed by atoms with E-state index in [1.807, 2.05) is 30.3 Å². The zero-order valence-electron chi connectivity index (χ0n) is 24.0. The number of rotatable bonds is 12. The standard InChI is InChI=1S/C31H30ClF3N4O6/c1-19(20-11-13-24(32)14-12-20)38-30(44)36-16-15-26(40)37-18-27(41)39-25(17-28(42)45-29(43)31(33,34)35)23-9-7-22(8-10-23)21-5-3-2-4-6-21/h2-14,19,25H,15-18H2,1H3,(H,37,40)(H,39,41)(H2,36,38,44). The first kappa shape index (κ1) is 34.6. The van der Waals surface area contributed by atoms with Crippen LogP contribution in [-0.2, 0) is 23.9 Å². The quantitative estimate of drug-likeness (QED) is 0.165. The number of nitrogens with one attached hydrogen (secondary N) is 4. The zero-order valence-corrected chi connectivity index (χ0v) is 24.7. The van der Waals surface area contributed by atoms with E-state index in [1.54, 1.807) is 55.5 Å². The van der Waals surface area contributed by atoms with Gasteiger partial charge in [-0.2, -0.15) is 13.2 Å². The molecule has 0 aliphatic carbocycles. The van der Waals surface area contributed by atoms with Crippen molar-refractivity contribution in [1.29, 1.82) is 0 Å². The van der Waals surface area contributed by atoms with Crippen LogP contribution in [0.4, 0.5) is 18.0 Å². The Morgan fingerprint density at radius 3 is 2.00 bits per heavy atom. The number of amides is 4. The molecule has 0 spiro atoms. The van der Waals surface area contributed by atoms with E-state index in [0.717, 1.165) is 16.7 Å². The summed E-state index contributed by atoms with van der Waals surface area (Å²) in [7, 11) is 0. The molecule has 0 radical (unpaired) electrons. The molecule has 0 aliphatic heterocycles. The lowest BCUT2D eigenvalue weighted by molar-refractivity contribution is -0.202. The normalized spacial score (nSPS) is 12.3. The van der Waals surface area contributed by atoms with Crippen molar-refractivity contribution >= 4 is 41.4 Å². The molecule has 0 bridgehead atoms. The van der Waals surface area contributed by atoms with Gasteiger partial charge in [-0.1, -0.05) is 78.3 Å². The average Bonchev–Trinajstić information content (AvgIpc) is 3.00. The predicted octanol–water partition coefficient (Wildman–Crippen LogP) is 4.75. The molecule has 45 heavy (non-hydrogen) atoms. The largest absolute Gasteiger partial charge is 0.491 e. The van der Waals surface area contributed by atoms with Gasteiger partial charge in [0.1, 0.15) is 0 Å². The molecular weight excluding hydrogens is 617 g/mol. The predicted molar refractivity (Wildman–Crippen MR) is 159 cm³/mol. The number of halogens is 4. The van der Waals surface area contributed by atoms with Gasteiger partial charge in [-0.15, -0.1) is 0 Å². The van der Waals surface area contributed by atoms with Gasteiger partial charge in [0, 0.05) is 18.0 Å². The summed E-state index contributed by atoms with van der Waals surface area (Å²) >= 11 is 5.87. The van der Waals surface area contributed by atoms with E-state index in [4.69, 9.17) is 11.6 Å². The van der Waals surface area contributed by atoms with Crippen LogP contribution in [0, 0.1) is 0 Å². The topological polar surface area (TPSA) is 143 Å². The number of carbonyl (C=O) groups is 5. The number of esters is 2. The number of hydrogen-bond acceptors (Lipinski definition) is 6. The molecule has 14 heteroatoms. The lowest BCUT2D eigenvalue weighted by atomic mass is 9.99. The Kier molecular flexibility index (Phi) is 12.5. The molecule has 238 valence electrons. The second kappa shape index (κ2) is 16.2. The maximum Gasteiger partial charge on any atom is 0.491 e. The zero-order chi connectivity index (χ0) is 33.0. The summed E-state index contributed by atoms with van der Waals surface area (Å²) in [6.07, 6.45) is -6.33. The monoisotopic (exact) mass is 646 g/mol. The highest BCUT2D eigenvalue weighted by molar-refractivity contribution is 6.30. The fourth-order valence-corrected chi connectivity index (χ4v) is 4.17. The van der Waals surface area contributed by atoms with E-state index >= 15 is 0 Å². The molecule has 4 amide bonds. The Morgan fingerprint density at radius 1 is 0.778 bits per heavy atom. The molecule has 0 heterocycles. The Morgan fingerprint density at radius 2 is 1.38 bits per heavy atom. The van der Waals surface area contributed by atoms with Crippen LogP contribution in [0.15, 0.2) is 78.9 Å². The first-order chi connectivity index (χ1) is 21.3. The minimum absolute atomic E-state index is 0.0396. The van der Waals surface area contributed by atoms with Gasteiger partial charge in [-0.25, -0.2) is 9.59 Å². The lowest BCUT2D eigenvalue weighted by Crippen LogP contribution is -2.41. The van der Waals surface area contributed by atoms with Crippen LogP contribution in [-0.4, -0.2) is 49.0 Å². The number of urea groups is 1. The van der Waals surface area contributed by atoms with Crippen molar-refractivity contribution in [3.8, 4) is 11.1 Å². The lowest BCUT2D eigenvalue weighted by Gasteiger charge is -2.19. The van der Waals surface area contributed by atoms with E-state index in [-0.39, 0.29) is 19.0 Å². The molecule has 0 aliphatic rings. The van der Waals surface area contributed by atoms with Crippen molar-refractivity contribution in [1.82, 2.24) is 21.3 Å². The van der Waals surface area contributed by atoms with Crippen LogP contribution < -0.4 is 21.3 Å². The molecule has 3 aromatic carbocycles. The average molecular weight is 647 g/mol. The number of carbonyl (C=O) groups excluding carboxylic acids is 5. The van der Waals surface area contributed by atoms with Crippen molar-refractivity contribution < 1.29 is 41.9 Å². The summed E-state index contributed by atoms with van der Waals surface area (Å²) in [5.41, 5.74) is 2.84. The maximum absolute atomic E-state index is 12.6. The molecule has 4 N–H and O–H groups in total. The number of alkyl halides is 3. The molecule has 3 aromatic rings. The van der Waals surface area contributed by atoms with Crippen molar-refractivity contribution in [3.05, 3.63) is 95.0 Å². The summed E-state index contributed by atoms with van der Waals surface area (Å²) in [4.78, 5) is 60.3. The summed E-state index contributed by atoms with van der Waals surface area (Å²) in [6, 6.07) is 20.6. The molecule has 0 fully saturated rings. The van der Waals surface area contributed by atoms with Gasteiger partial charge >= 0.3 is 24.1 Å². The highest BCUT2D eigenvalue weighted by atomic mass is 35.5. The van der Waals surface area contributed by atoms with Gasteiger partial charge in [-0.3, -0.25) is 14.4 Å². The van der Waals surface area contributed by atoms with Crippen LogP contribution in [0.3, 0.4) is 0 Å². The van der Waals surface area contributed by atoms with Crippen LogP contribution in [0.5, 0.6) is 0 Å². The van der Waals surface area contributed by atoms with E-state index in [2.05, 4.69) is 26.0 Å².